The van der Waals surface area contributed by atoms with Crippen molar-refractivity contribution in [3.05, 3.63) is 29.8 Å². The van der Waals surface area contributed by atoms with Gasteiger partial charge < -0.3 is 4.79 Å². The molecule has 1 N–H and O–H groups in total. The van der Waals surface area contributed by atoms with Gasteiger partial charge in [-0.15, -0.1) is 11.8 Å². The van der Waals surface area contributed by atoms with Crippen molar-refractivity contribution in [1.29, 1.82) is 0 Å². The van der Waals surface area contributed by atoms with Crippen LogP contribution in [0.1, 0.15) is 18.9 Å². The molecule has 1 aromatic rings. The molecule has 18 heavy (non-hydrogen) atoms. The van der Waals surface area contributed by atoms with Crippen LogP contribution in [0.2, 0.25) is 0 Å². The maximum absolute atomic E-state index is 11.2. The first kappa shape index (κ1) is 15.2. The van der Waals surface area contributed by atoms with Gasteiger partial charge in [-0.25, -0.2) is 4.84 Å². The van der Waals surface area contributed by atoms with Crippen molar-refractivity contribution in [3.8, 4) is 0 Å². The Morgan fingerprint density at radius 3 is 2.61 bits per heavy atom. The summed E-state index contributed by atoms with van der Waals surface area (Å²) in [5.74, 6) is 0.757. The van der Waals surface area contributed by atoms with E-state index in [4.69, 9.17) is 11.8 Å². The van der Waals surface area contributed by atoms with Crippen molar-refractivity contribution in [2.75, 3.05) is 5.75 Å². The van der Waals surface area contributed by atoms with Crippen LogP contribution in [-0.2, 0) is 16.0 Å². The first-order valence-electron chi connectivity index (χ1n) is 5.74. The molecule has 0 amide bonds. The van der Waals surface area contributed by atoms with E-state index in [2.05, 4.69) is 4.84 Å². The number of carbonyl (C=O) groups is 2. The van der Waals surface area contributed by atoms with Crippen molar-refractivity contribution in [2.45, 2.75) is 30.7 Å². The maximum Gasteiger partial charge on any atom is 0.142 e. The minimum Gasteiger partial charge on any atom is -0.302 e. The van der Waals surface area contributed by atoms with Gasteiger partial charge in [0.15, 0.2) is 0 Å². The molecule has 0 bridgehead atoms. The molecule has 1 atom stereocenters. The van der Waals surface area contributed by atoms with E-state index in [1.54, 1.807) is 0 Å². The minimum absolute atomic E-state index is 0.247. The third kappa shape index (κ3) is 5.21. The summed E-state index contributed by atoms with van der Waals surface area (Å²) in [4.78, 5) is 25.3. The van der Waals surface area contributed by atoms with Crippen LogP contribution in [0, 0.1) is 0 Å². The average Bonchev–Trinajstić information content (AvgIpc) is 2.43. The summed E-state index contributed by atoms with van der Waals surface area (Å²) in [6.45, 7) is 1.87. The van der Waals surface area contributed by atoms with Crippen LogP contribution in [0.3, 0.4) is 0 Å². The summed E-state index contributed by atoms with van der Waals surface area (Å²) in [7, 11) is 0. The molecule has 0 fully saturated rings. The predicted molar refractivity (Wildman–Crippen MR) is 75.0 cm³/mol. The monoisotopic (exact) mass is 285 g/mol. The third-order valence-corrected chi connectivity index (χ3v) is 3.83. The second-order valence-corrected chi connectivity index (χ2v) is 5.15. The lowest BCUT2D eigenvalue weighted by Crippen LogP contribution is -2.24. The first-order valence-corrected chi connectivity index (χ1v) is 7.10. The van der Waals surface area contributed by atoms with Crippen LogP contribution in [0.25, 0.3) is 0 Å². The fourth-order valence-electron chi connectivity index (χ4n) is 1.35. The minimum atomic E-state index is -0.369. The largest absolute Gasteiger partial charge is 0.302 e. The second kappa shape index (κ2) is 8.29. The number of aldehydes is 1. The number of thioether (sulfide) groups is 1. The van der Waals surface area contributed by atoms with Crippen LogP contribution in [-0.4, -0.2) is 23.9 Å². The molecule has 0 aliphatic carbocycles. The van der Waals surface area contributed by atoms with Crippen molar-refractivity contribution in [2.24, 2.45) is 0 Å². The zero-order valence-corrected chi connectivity index (χ0v) is 11.8. The van der Waals surface area contributed by atoms with Crippen LogP contribution >= 0.6 is 23.5 Å². The maximum atomic E-state index is 11.2. The number of rotatable bonds is 8. The van der Waals surface area contributed by atoms with Crippen molar-refractivity contribution >= 4 is 35.6 Å². The molecule has 0 radical (unpaired) electrons. The summed E-state index contributed by atoms with van der Waals surface area (Å²) >= 11 is 6.96. The van der Waals surface area contributed by atoms with E-state index in [1.807, 2.05) is 31.2 Å². The molecule has 0 aliphatic rings. The Bertz CT molecular complexity index is 394. The lowest BCUT2D eigenvalue weighted by atomic mass is 10.1. The summed E-state index contributed by atoms with van der Waals surface area (Å²) < 4.78 is 0. The number of hydrogen-bond acceptors (Lipinski definition) is 4. The lowest BCUT2D eigenvalue weighted by molar-refractivity contribution is -0.116. The smallest absolute Gasteiger partial charge is 0.142 e. The standard InChI is InChI=1S/C13H16ClNO2S/c1-2-12(17)9-18-13-5-3-10(4-6-13)7-11(8-16)15-14/h3-6,8,11,15H,2,7,9H2,1H3. The molecule has 0 saturated heterocycles. The molecule has 0 heterocycles. The molecule has 98 valence electrons. The molecule has 0 aliphatic heterocycles. The third-order valence-electron chi connectivity index (χ3n) is 2.48. The summed E-state index contributed by atoms with van der Waals surface area (Å²) in [5, 5.41) is 0. The van der Waals surface area contributed by atoms with E-state index >= 15 is 0 Å². The number of nitrogens with one attached hydrogen (secondary N) is 1. The zero-order chi connectivity index (χ0) is 13.4. The average molecular weight is 286 g/mol. The Labute approximate surface area is 116 Å². The van der Waals surface area contributed by atoms with Crippen LogP contribution < -0.4 is 4.84 Å². The quantitative estimate of drug-likeness (QED) is 0.453. The summed E-state index contributed by atoms with van der Waals surface area (Å²) in [6, 6.07) is 7.44. The Kier molecular flexibility index (Phi) is 7.01. The Hall–Kier alpha value is -0.840. The van der Waals surface area contributed by atoms with E-state index in [9.17, 15) is 9.59 Å². The highest BCUT2D eigenvalue weighted by molar-refractivity contribution is 8.00. The first-order chi connectivity index (χ1) is 8.69. The molecule has 0 saturated carbocycles. The van der Waals surface area contributed by atoms with Crippen molar-refractivity contribution in [3.63, 3.8) is 0 Å². The number of carbonyl (C=O) groups excluding carboxylic acids is 2. The van der Waals surface area contributed by atoms with Gasteiger partial charge in [0.2, 0.25) is 0 Å². The Morgan fingerprint density at radius 1 is 1.44 bits per heavy atom. The Morgan fingerprint density at radius 2 is 2.11 bits per heavy atom. The van der Waals surface area contributed by atoms with E-state index in [0.717, 1.165) is 16.7 Å². The van der Waals surface area contributed by atoms with Gasteiger partial charge >= 0.3 is 0 Å². The van der Waals surface area contributed by atoms with Gasteiger partial charge in [0, 0.05) is 11.3 Å². The van der Waals surface area contributed by atoms with Gasteiger partial charge in [0.1, 0.15) is 12.1 Å². The zero-order valence-electron chi connectivity index (χ0n) is 10.2. The molecular formula is C13H16ClNO2S. The van der Waals surface area contributed by atoms with Crippen molar-refractivity contribution < 1.29 is 9.59 Å². The highest BCUT2D eigenvalue weighted by Gasteiger charge is 2.06. The van der Waals surface area contributed by atoms with Crippen LogP contribution in [0.15, 0.2) is 29.2 Å². The van der Waals surface area contributed by atoms with Crippen LogP contribution in [0.5, 0.6) is 0 Å². The molecular weight excluding hydrogens is 270 g/mol. The van der Waals surface area contributed by atoms with Crippen molar-refractivity contribution in [1.82, 2.24) is 4.84 Å². The molecule has 1 unspecified atom stereocenters. The number of Topliss-reactive ketones (excluding diaryl/α,β-unsaturated/α-hetero) is 1. The van der Waals surface area contributed by atoms with E-state index in [0.29, 0.717) is 18.6 Å². The molecule has 0 aromatic heterocycles. The van der Waals surface area contributed by atoms with Gasteiger partial charge in [-0.2, -0.15) is 0 Å². The fourth-order valence-corrected chi connectivity index (χ4v) is 2.34. The fraction of sp³-hybridized carbons (Fsp3) is 0.385. The number of hydrogen-bond donors (Lipinski definition) is 1. The highest BCUT2D eigenvalue weighted by Crippen LogP contribution is 2.19. The van der Waals surface area contributed by atoms with Gasteiger partial charge in [-0.1, -0.05) is 19.1 Å². The molecule has 0 spiro atoms. The summed E-state index contributed by atoms with van der Waals surface area (Å²) in [6.07, 6.45) is 1.93. The Balaban J connectivity index is 2.51. The van der Waals surface area contributed by atoms with Gasteiger partial charge in [0.05, 0.1) is 11.8 Å². The SMILES string of the molecule is CCC(=O)CSc1ccc(CC(C=O)NCl)cc1. The van der Waals surface area contributed by atoms with Gasteiger partial charge in [0.25, 0.3) is 0 Å². The van der Waals surface area contributed by atoms with Gasteiger partial charge in [-0.05, 0) is 35.9 Å². The molecule has 1 aromatic carbocycles. The normalized spacial score (nSPS) is 12.1. The van der Waals surface area contributed by atoms with E-state index in [-0.39, 0.29) is 11.8 Å². The highest BCUT2D eigenvalue weighted by atomic mass is 35.5. The summed E-state index contributed by atoms with van der Waals surface area (Å²) in [5.41, 5.74) is 1.03. The van der Waals surface area contributed by atoms with Gasteiger partial charge in [-0.3, -0.25) is 4.79 Å². The van der Waals surface area contributed by atoms with E-state index < -0.39 is 0 Å². The molecule has 1 rings (SSSR count). The van der Waals surface area contributed by atoms with Crippen LogP contribution in [0.4, 0.5) is 0 Å². The predicted octanol–water partition coefficient (Wildman–Crippen LogP) is 2.61. The number of ketones is 1. The molecule has 3 nitrogen and oxygen atoms in total. The topological polar surface area (TPSA) is 46.2 Å². The lowest BCUT2D eigenvalue weighted by Gasteiger charge is -2.07. The molecule has 5 heteroatoms. The van der Waals surface area contributed by atoms with E-state index in [1.165, 1.54) is 11.8 Å². The second-order valence-electron chi connectivity index (χ2n) is 3.88. The number of benzene rings is 1. The number of halogens is 1.